The Hall–Kier alpha value is -1.06. The van der Waals surface area contributed by atoms with Crippen molar-refractivity contribution < 1.29 is 22.7 Å². The number of hydrogen-bond acceptors (Lipinski definition) is 3. The summed E-state index contributed by atoms with van der Waals surface area (Å²) in [5, 5.41) is 0.109. The fourth-order valence-electron chi connectivity index (χ4n) is 1.83. The molecule has 130 valence electrons. The molecule has 0 saturated carbocycles. The Morgan fingerprint density at radius 3 is 2.46 bits per heavy atom. The van der Waals surface area contributed by atoms with Crippen LogP contribution in [-0.4, -0.2) is 22.0 Å². The molecule has 0 radical (unpaired) electrons. The molecule has 0 amide bonds. The first-order valence-electron chi connectivity index (χ1n) is 6.53. The van der Waals surface area contributed by atoms with E-state index in [-0.39, 0.29) is 32.7 Å². The number of H-pyrrole nitrogens is 1. The van der Waals surface area contributed by atoms with Crippen LogP contribution in [0.25, 0.3) is 11.4 Å². The van der Waals surface area contributed by atoms with Gasteiger partial charge in [-0.05, 0) is 57.8 Å². The van der Waals surface area contributed by atoms with Gasteiger partial charge >= 0.3 is 12.1 Å². The van der Waals surface area contributed by atoms with Gasteiger partial charge in [0.2, 0.25) is 0 Å². The summed E-state index contributed by atoms with van der Waals surface area (Å²) in [5.74, 6) is -0.748. The molecular weight excluding hydrogens is 480 g/mol. The van der Waals surface area contributed by atoms with E-state index in [1.54, 1.807) is 13.8 Å². The van der Waals surface area contributed by atoms with Crippen molar-refractivity contribution in [2.45, 2.75) is 26.1 Å². The number of hydrogen-bond donors (Lipinski definition) is 1. The molecule has 1 aromatic carbocycles. The Bertz CT molecular complexity index is 791. The SMILES string of the molecule is CC(C)OC(=O)c1cc(-c2nc(Br)c(C(F)(F)F)[nH]2)c(Br)cc1Cl. The van der Waals surface area contributed by atoms with Crippen molar-refractivity contribution in [1.29, 1.82) is 0 Å². The zero-order valence-corrected chi connectivity index (χ0v) is 16.2. The summed E-state index contributed by atoms with van der Waals surface area (Å²) in [5.41, 5.74) is -0.749. The van der Waals surface area contributed by atoms with E-state index in [2.05, 4.69) is 41.8 Å². The number of aromatic amines is 1. The average molecular weight is 491 g/mol. The van der Waals surface area contributed by atoms with Crippen LogP contribution >= 0.6 is 43.5 Å². The molecule has 0 atom stereocenters. The number of carbonyl (C=O) groups is 1. The molecular formula is C14H10Br2ClF3N2O2. The third kappa shape index (κ3) is 4.12. The normalized spacial score (nSPS) is 11.9. The number of halogens is 6. The molecule has 0 aliphatic heterocycles. The van der Waals surface area contributed by atoms with Gasteiger partial charge in [-0.3, -0.25) is 0 Å². The van der Waals surface area contributed by atoms with E-state index in [0.29, 0.717) is 4.47 Å². The smallest absolute Gasteiger partial charge is 0.433 e. The van der Waals surface area contributed by atoms with Gasteiger partial charge in [0.1, 0.15) is 10.4 Å². The third-order valence-corrected chi connectivity index (χ3v) is 4.36. The minimum absolute atomic E-state index is 0.0321. The number of nitrogens with one attached hydrogen (secondary N) is 1. The fraction of sp³-hybridized carbons (Fsp3) is 0.286. The Labute approximate surface area is 157 Å². The van der Waals surface area contributed by atoms with Crippen molar-refractivity contribution in [2.75, 3.05) is 0 Å². The number of esters is 1. The molecule has 1 aromatic heterocycles. The fourth-order valence-corrected chi connectivity index (χ4v) is 3.24. The van der Waals surface area contributed by atoms with Gasteiger partial charge in [0.15, 0.2) is 5.69 Å². The molecule has 0 aliphatic rings. The van der Waals surface area contributed by atoms with E-state index in [9.17, 15) is 18.0 Å². The first-order valence-corrected chi connectivity index (χ1v) is 8.50. The lowest BCUT2D eigenvalue weighted by atomic mass is 10.1. The minimum atomic E-state index is -4.59. The van der Waals surface area contributed by atoms with Gasteiger partial charge in [0.25, 0.3) is 0 Å². The first kappa shape index (κ1) is 19.3. The molecule has 0 saturated heterocycles. The molecule has 2 aromatic rings. The van der Waals surface area contributed by atoms with Gasteiger partial charge in [-0.25, -0.2) is 9.78 Å². The van der Waals surface area contributed by atoms with Crippen LogP contribution in [0.1, 0.15) is 29.9 Å². The van der Waals surface area contributed by atoms with Gasteiger partial charge in [0, 0.05) is 10.0 Å². The van der Waals surface area contributed by atoms with Crippen LogP contribution in [0.3, 0.4) is 0 Å². The highest BCUT2D eigenvalue weighted by molar-refractivity contribution is 9.10. The predicted molar refractivity (Wildman–Crippen MR) is 90.0 cm³/mol. The van der Waals surface area contributed by atoms with Crippen molar-refractivity contribution >= 4 is 49.4 Å². The molecule has 0 aliphatic carbocycles. The minimum Gasteiger partial charge on any atom is -0.459 e. The van der Waals surface area contributed by atoms with Crippen LogP contribution in [0, 0.1) is 0 Å². The van der Waals surface area contributed by atoms with Crippen molar-refractivity contribution in [3.63, 3.8) is 0 Å². The lowest BCUT2D eigenvalue weighted by molar-refractivity contribution is -0.141. The van der Waals surface area contributed by atoms with Crippen LogP contribution in [0.2, 0.25) is 5.02 Å². The van der Waals surface area contributed by atoms with Crippen LogP contribution in [0.15, 0.2) is 21.2 Å². The van der Waals surface area contributed by atoms with Gasteiger partial charge in [-0.1, -0.05) is 11.6 Å². The van der Waals surface area contributed by atoms with Gasteiger partial charge in [-0.2, -0.15) is 13.2 Å². The molecule has 10 heteroatoms. The van der Waals surface area contributed by atoms with Crippen molar-refractivity contribution in [3.8, 4) is 11.4 Å². The van der Waals surface area contributed by atoms with Gasteiger partial charge < -0.3 is 9.72 Å². The number of carbonyl (C=O) groups excluding carboxylic acids is 1. The van der Waals surface area contributed by atoms with E-state index in [4.69, 9.17) is 16.3 Å². The Morgan fingerprint density at radius 1 is 1.33 bits per heavy atom. The van der Waals surface area contributed by atoms with E-state index in [0.717, 1.165) is 0 Å². The van der Waals surface area contributed by atoms with E-state index < -0.39 is 17.8 Å². The van der Waals surface area contributed by atoms with E-state index in [1.165, 1.54) is 12.1 Å². The molecule has 24 heavy (non-hydrogen) atoms. The number of nitrogens with zero attached hydrogens (tertiary/aromatic N) is 1. The Kier molecular flexibility index (Phi) is 5.66. The second-order valence-corrected chi connectivity index (χ2v) is 7.03. The summed E-state index contributed by atoms with van der Waals surface area (Å²) >= 11 is 12.0. The molecule has 1 heterocycles. The highest BCUT2D eigenvalue weighted by atomic mass is 79.9. The maximum absolute atomic E-state index is 12.9. The van der Waals surface area contributed by atoms with Gasteiger partial charge in [-0.15, -0.1) is 0 Å². The molecule has 0 bridgehead atoms. The summed E-state index contributed by atoms with van der Waals surface area (Å²) in [4.78, 5) is 18.1. The number of alkyl halides is 3. The maximum Gasteiger partial charge on any atom is 0.433 e. The maximum atomic E-state index is 12.9. The van der Waals surface area contributed by atoms with Crippen molar-refractivity contribution in [1.82, 2.24) is 9.97 Å². The lowest BCUT2D eigenvalue weighted by Gasteiger charge is -2.11. The molecule has 0 spiro atoms. The molecule has 2 rings (SSSR count). The first-order chi connectivity index (χ1) is 11.0. The summed E-state index contributed by atoms with van der Waals surface area (Å²) in [7, 11) is 0. The summed E-state index contributed by atoms with van der Waals surface area (Å²) in [6.07, 6.45) is -4.96. The van der Waals surface area contributed by atoms with Crippen molar-refractivity contribution in [3.05, 3.63) is 37.5 Å². The second-order valence-electron chi connectivity index (χ2n) is 5.01. The largest absolute Gasteiger partial charge is 0.459 e. The van der Waals surface area contributed by atoms with Crippen LogP contribution < -0.4 is 0 Å². The quantitative estimate of drug-likeness (QED) is 0.550. The van der Waals surface area contributed by atoms with Gasteiger partial charge in [0.05, 0.1) is 16.7 Å². The predicted octanol–water partition coefficient (Wildman–Crippen LogP) is 5.84. The topological polar surface area (TPSA) is 55.0 Å². The standard InChI is InChI=1S/C14H10Br2ClF3N2O2/c1-5(2)24-13(23)7-3-6(8(15)4-9(7)17)12-21-10(11(16)22-12)14(18,19)20/h3-5H,1-2H3,(H,21,22). The van der Waals surface area contributed by atoms with E-state index >= 15 is 0 Å². The number of benzene rings is 1. The average Bonchev–Trinajstić information content (AvgIpc) is 2.79. The molecule has 0 fully saturated rings. The number of ether oxygens (including phenoxy) is 1. The zero-order valence-electron chi connectivity index (χ0n) is 12.3. The molecule has 0 unspecified atom stereocenters. The van der Waals surface area contributed by atoms with Crippen LogP contribution in [0.4, 0.5) is 13.2 Å². The zero-order chi connectivity index (χ0) is 18.2. The third-order valence-electron chi connectivity index (χ3n) is 2.82. The van der Waals surface area contributed by atoms with Crippen LogP contribution in [0.5, 0.6) is 0 Å². The lowest BCUT2D eigenvalue weighted by Crippen LogP contribution is -2.12. The number of imidazole rings is 1. The second kappa shape index (κ2) is 7.05. The van der Waals surface area contributed by atoms with Crippen LogP contribution in [-0.2, 0) is 10.9 Å². The number of rotatable bonds is 3. The van der Waals surface area contributed by atoms with Crippen molar-refractivity contribution in [2.24, 2.45) is 0 Å². The number of aromatic nitrogens is 2. The summed E-state index contributed by atoms with van der Waals surface area (Å²) in [6.45, 7) is 3.34. The molecule has 1 N–H and O–H groups in total. The Morgan fingerprint density at radius 2 is 1.96 bits per heavy atom. The highest BCUT2D eigenvalue weighted by Gasteiger charge is 2.36. The summed E-state index contributed by atoms with van der Waals surface area (Å²) in [6, 6.07) is 2.72. The molecule has 4 nitrogen and oxygen atoms in total. The monoisotopic (exact) mass is 488 g/mol. The summed E-state index contributed by atoms with van der Waals surface area (Å²) < 4.78 is 43.7. The Balaban J connectivity index is 2.54. The highest BCUT2D eigenvalue weighted by Crippen LogP contribution is 2.38. The van der Waals surface area contributed by atoms with E-state index in [1.807, 2.05) is 0 Å².